The molecule has 0 aliphatic carbocycles. The third-order valence-electron chi connectivity index (χ3n) is 2.54. The highest BCUT2D eigenvalue weighted by Crippen LogP contribution is 2.22. The Bertz CT molecular complexity index is 659. The second-order valence-electron chi connectivity index (χ2n) is 3.67. The number of fused-ring (bicyclic) bond motifs is 1. The molecule has 0 atom stereocenters. The van der Waals surface area contributed by atoms with Crippen LogP contribution in [0.5, 0.6) is 0 Å². The smallest absolute Gasteiger partial charge is 0.201 e. The number of imidazole rings is 1. The van der Waals surface area contributed by atoms with E-state index in [-0.39, 0.29) is 0 Å². The molecule has 3 aromatic rings. The summed E-state index contributed by atoms with van der Waals surface area (Å²) in [6, 6.07) is 5.54. The first-order valence-electron chi connectivity index (χ1n) is 5.02. The topological polar surface area (TPSA) is 56.7 Å². The number of nitrogen functional groups attached to an aromatic ring is 1. The molecular weight excluding hydrogens is 256 g/mol. The van der Waals surface area contributed by atoms with Crippen molar-refractivity contribution in [1.29, 1.82) is 0 Å². The predicted octanol–water partition coefficient (Wildman–Crippen LogP) is 2.78. The van der Waals surface area contributed by atoms with Crippen LogP contribution in [-0.4, -0.2) is 14.5 Å². The number of hydrogen-bond acceptors (Lipinski definition) is 4. The van der Waals surface area contributed by atoms with E-state index in [2.05, 4.69) is 9.97 Å². The molecule has 2 heterocycles. The molecular formula is C11H9ClN4S. The van der Waals surface area contributed by atoms with Crippen LogP contribution < -0.4 is 5.73 Å². The quantitative estimate of drug-likeness (QED) is 0.774. The SMILES string of the molecule is Nc1nc2ccc(Cl)cc2n1Cc1cscn1. The van der Waals surface area contributed by atoms with Crippen molar-refractivity contribution in [2.75, 3.05) is 5.73 Å². The van der Waals surface area contributed by atoms with Gasteiger partial charge in [0, 0.05) is 10.4 Å². The van der Waals surface area contributed by atoms with Gasteiger partial charge in [0.25, 0.3) is 0 Å². The zero-order chi connectivity index (χ0) is 11.8. The fourth-order valence-corrected chi connectivity index (χ4v) is 2.47. The van der Waals surface area contributed by atoms with Gasteiger partial charge in [-0.05, 0) is 18.2 Å². The number of thiazole rings is 1. The standard InChI is InChI=1S/C11H9ClN4S/c12-7-1-2-9-10(3-7)16(11(13)15-9)4-8-5-17-6-14-8/h1-3,5-6H,4H2,(H2,13,15). The van der Waals surface area contributed by atoms with Crippen LogP contribution in [-0.2, 0) is 6.54 Å². The lowest BCUT2D eigenvalue weighted by molar-refractivity contribution is 0.816. The van der Waals surface area contributed by atoms with Gasteiger partial charge in [0.1, 0.15) is 0 Å². The van der Waals surface area contributed by atoms with Gasteiger partial charge in [0.15, 0.2) is 0 Å². The van der Waals surface area contributed by atoms with Crippen LogP contribution in [0.1, 0.15) is 5.69 Å². The minimum atomic E-state index is 0.482. The molecule has 0 aliphatic heterocycles. The summed E-state index contributed by atoms with van der Waals surface area (Å²) in [6.07, 6.45) is 0. The molecule has 1 aromatic carbocycles. The number of hydrogen-bond donors (Lipinski definition) is 1. The Morgan fingerprint density at radius 2 is 2.29 bits per heavy atom. The molecule has 0 amide bonds. The van der Waals surface area contributed by atoms with Crippen molar-refractivity contribution in [2.24, 2.45) is 0 Å². The summed E-state index contributed by atoms with van der Waals surface area (Å²) in [7, 11) is 0. The Balaban J connectivity index is 2.14. The van der Waals surface area contributed by atoms with Gasteiger partial charge in [-0.25, -0.2) is 9.97 Å². The molecule has 0 aliphatic rings. The van der Waals surface area contributed by atoms with Crippen LogP contribution in [0.2, 0.25) is 5.02 Å². The molecule has 3 rings (SSSR count). The molecule has 0 saturated carbocycles. The summed E-state index contributed by atoms with van der Waals surface area (Å²) in [5.74, 6) is 0.482. The highest BCUT2D eigenvalue weighted by molar-refractivity contribution is 7.07. The van der Waals surface area contributed by atoms with Crippen molar-refractivity contribution in [3.05, 3.63) is 39.8 Å². The first-order chi connectivity index (χ1) is 8.24. The monoisotopic (exact) mass is 264 g/mol. The molecule has 6 heteroatoms. The first-order valence-corrected chi connectivity index (χ1v) is 6.34. The molecule has 2 aromatic heterocycles. The van der Waals surface area contributed by atoms with Crippen LogP contribution in [0.4, 0.5) is 5.95 Å². The van der Waals surface area contributed by atoms with Gasteiger partial charge in [-0.3, -0.25) is 0 Å². The van der Waals surface area contributed by atoms with Crippen molar-refractivity contribution >= 4 is 39.9 Å². The first kappa shape index (κ1) is 10.6. The Kier molecular flexibility index (Phi) is 2.49. The number of halogens is 1. The van der Waals surface area contributed by atoms with Crippen LogP contribution >= 0.6 is 22.9 Å². The van der Waals surface area contributed by atoms with E-state index in [0.29, 0.717) is 17.5 Å². The van der Waals surface area contributed by atoms with E-state index in [1.165, 1.54) is 0 Å². The maximum atomic E-state index is 5.99. The number of rotatable bonds is 2. The summed E-state index contributed by atoms with van der Waals surface area (Å²) in [4.78, 5) is 8.54. The van der Waals surface area contributed by atoms with E-state index in [9.17, 15) is 0 Å². The minimum absolute atomic E-state index is 0.482. The molecule has 4 nitrogen and oxygen atoms in total. The van der Waals surface area contributed by atoms with E-state index in [4.69, 9.17) is 17.3 Å². The molecule has 0 bridgehead atoms. The lowest BCUT2D eigenvalue weighted by Crippen LogP contribution is -2.04. The van der Waals surface area contributed by atoms with E-state index in [0.717, 1.165) is 16.7 Å². The summed E-state index contributed by atoms with van der Waals surface area (Å²) in [5, 5.41) is 2.67. The third kappa shape index (κ3) is 1.87. The van der Waals surface area contributed by atoms with E-state index in [1.54, 1.807) is 16.8 Å². The van der Waals surface area contributed by atoms with Crippen LogP contribution in [0, 0.1) is 0 Å². The predicted molar refractivity (Wildman–Crippen MR) is 70.4 cm³/mol. The third-order valence-corrected chi connectivity index (χ3v) is 3.41. The normalized spacial score (nSPS) is 11.1. The minimum Gasteiger partial charge on any atom is -0.369 e. The number of aromatic nitrogens is 3. The molecule has 86 valence electrons. The highest BCUT2D eigenvalue weighted by Gasteiger charge is 2.09. The van der Waals surface area contributed by atoms with E-state index >= 15 is 0 Å². The van der Waals surface area contributed by atoms with Gasteiger partial charge in [-0.2, -0.15) is 0 Å². The molecule has 0 radical (unpaired) electrons. The Morgan fingerprint density at radius 1 is 1.41 bits per heavy atom. The van der Waals surface area contributed by atoms with Crippen molar-refractivity contribution < 1.29 is 0 Å². The van der Waals surface area contributed by atoms with Crippen LogP contribution in [0.15, 0.2) is 29.1 Å². The Hall–Kier alpha value is -1.59. The molecule has 2 N–H and O–H groups in total. The average molecular weight is 265 g/mol. The van der Waals surface area contributed by atoms with Crippen molar-refractivity contribution in [3.63, 3.8) is 0 Å². The zero-order valence-electron chi connectivity index (χ0n) is 8.80. The average Bonchev–Trinajstić information content (AvgIpc) is 2.90. The van der Waals surface area contributed by atoms with Crippen LogP contribution in [0.3, 0.4) is 0 Å². The molecule has 0 saturated heterocycles. The highest BCUT2D eigenvalue weighted by atomic mass is 35.5. The van der Waals surface area contributed by atoms with Gasteiger partial charge < -0.3 is 10.3 Å². The van der Waals surface area contributed by atoms with Crippen molar-refractivity contribution in [1.82, 2.24) is 14.5 Å². The number of nitrogens with zero attached hydrogens (tertiary/aromatic N) is 3. The fourth-order valence-electron chi connectivity index (χ4n) is 1.76. The Morgan fingerprint density at radius 3 is 3.06 bits per heavy atom. The molecule has 17 heavy (non-hydrogen) atoms. The van der Waals surface area contributed by atoms with E-state index < -0.39 is 0 Å². The van der Waals surface area contributed by atoms with Crippen molar-refractivity contribution in [2.45, 2.75) is 6.54 Å². The summed E-state index contributed by atoms with van der Waals surface area (Å²) >= 11 is 7.55. The number of benzene rings is 1. The summed E-state index contributed by atoms with van der Waals surface area (Å²) < 4.78 is 1.91. The van der Waals surface area contributed by atoms with Gasteiger partial charge in [-0.1, -0.05) is 11.6 Å². The number of anilines is 1. The van der Waals surface area contributed by atoms with Gasteiger partial charge in [0.05, 0.1) is 28.8 Å². The molecule has 0 fully saturated rings. The van der Waals surface area contributed by atoms with Crippen LogP contribution in [0.25, 0.3) is 11.0 Å². The summed E-state index contributed by atoms with van der Waals surface area (Å²) in [6.45, 7) is 0.617. The zero-order valence-corrected chi connectivity index (χ0v) is 10.4. The molecule has 0 unspecified atom stereocenters. The van der Waals surface area contributed by atoms with Gasteiger partial charge >= 0.3 is 0 Å². The van der Waals surface area contributed by atoms with Gasteiger partial charge in [-0.15, -0.1) is 11.3 Å². The maximum Gasteiger partial charge on any atom is 0.201 e. The van der Waals surface area contributed by atoms with E-state index in [1.807, 2.05) is 28.1 Å². The Labute approximate surface area is 107 Å². The largest absolute Gasteiger partial charge is 0.369 e. The lowest BCUT2D eigenvalue weighted by atomic mass is 10.3. The fraction of sp³-hybridized carbons (Fsp3) is 0.0909. The number of nitrogens with two attached hydrogens (primary N) is 1. The summed E-state index contributed by atoms with van der Waals surface area (Å²) in [5.41, 5.74) is 10.5. The second-order valence-corrected chi connectivity index (χ2v) is 4.82. The maximum absolute atomic E-state index is 5.99. The lowest BCUT2D eigenvalue weighted by Gasteiger charge is -2.03. The second kappa shape index (κ2) is 4.01. The molecule has 0 spiro atoms. The van der Waals surface area contributed by atoms with Gasteiger partial charge in [0.2, 0.25) is 5.95 Å². The van der Waals surface area contributed by atoms with Crippen molar-refractivity contribution in [3.8, 4) is 0 Å².